The van der Waals surface area contributed by atoms with E-state index in [-0.39, 0.29) is 43.7 Å². The second-order valence-corrected chi connectivity index (χ2v) is 16.9. The highest BCUT2D eigenvalue weighted by Crippen LogP contribution is 2.45. The van der Waals surface area contributed by atoms with Crippen molar-refractivity contribution in [3.8, 4) is 5.82 Å². The number of amides is 1. The van der Waals surface area contributed by atoms with E-state index in [1.54, 1.807) is 89.4 Å². The van der Waals surface area contributed by atoms with Gasteiger partial charge < -0.3 is 39.0 Å². The third kappa shape index (κ3) is 10.1. The molecule has 2 N–H and O–H groups in total. The molecule has 0 aliphatic carbocycles. The Hall–Kier alpha value is -4.58. The first-order valence-corrected chi connectivity index (χ1v) is 20.4. The summed E-state index contributed by atoms with van der Waals surface area (Å²) >= 11 is 0. The number of fused-ring (bicyclic) bond motifs is 1. The summed E-state index contributed by atoms with van der Waals surface area (Å²) in [5.74, 6) is -6.34. The van der Waals surface area contributed by atoms with Crippen LogP contribution in [0.4, 0.5) is 4.79 Å². The van der Waals surface area contributed by atoms with E-state index in [0.29, 0.717) is 17.9 Å². The Morgan fingerprint density at radius 2 is 1.80 bits per heavy atom. The summed E-state index contributed by atoms with van der Waals surface area (Å²) < 4.78 is 32.5. The van der Waals surface area contributed by atoms with Crippen LogP contribution in [0.3, 0.4) is 0 Å². The van der Waals surface area contributed by atoms with Gasteiger partial charge in [-0.2, -0.15) is 0 Å². The fourth-order valence-electron chi connectivity index (χ4n) is 8.94. The van der Waals surface area contributed by atoms with Gasteiger partial charge in [0.25, 0.3) is 0 Å². The zero-order chi connectivity index (χ0) is 43.4. The first kappa shape index (κ1) is 45.5. The van der Waals surface area contributed by atoms with Gasteiger partial charge in [-0.05, 0) is 67.1 Å². The summed E-state index contributed by atoms with van der Waals surface area (Å²) in [6, 6.07) is -0.380. The third-order valence-corrected chi connectivity index (χ3v) is 12.2. The quantitative estimate of drug-likeness (QED) is 0.210. The summed E-state index contributed by atoms with van der Waals surface area (Å²) in [5.41, 5.74) is -2.49. The summed E-state index contributed by atoms with van der Waals surface area (Å²) in [7, 11) is 3.65. The molecule has 13 atom stereocenters. The molecular formula is C42H60N6O11. The van der Waals surface area contributed by atoms with E-state index < -0.39 is 89.2 Å². The molecule has 2 aromatic heterocycles. The molecule has 0 bridgehead atoms. The average molecular weight is 825 g/mol. The topological polar surface area (TPSA) is 211 Å². The number of cyclic esters (lactones) is 1. The monoisotopic (exact) mass is 824 g/mol. The van der Waals surface area contributed by atoms with Crippen molar-refractivity contribution in [3.05, 3.63) is 42.9 Å². The van der Waals surface area contributed by atoms with Gasteiger partial charge in [-0.25, -0.2) is 14.8 Å². The maximum absolute atomic E-state index is 14.5. The average Bonchev–Trinajstić information content (AvgIpc) is 3.80. The summed E-state index contributed by atoms with van der Waals surface area (Å²) in [5, 5.41) is 14.3. The molecule has 5 rings (SSSR count). The number of ether oxygens (including phenoxy) is 5. The molecule has 17 nitrogen and oxygen atoms in total. The molecule has 0 radical (unpaired) electrons. The van der Waals surface area contributed by atoms with Gasteiger partial charge in [0.2, 0.25) is 0 Å². The molecule has 0 spiro atoms. The Morgan fingerprint density at radius 1 is 1.07 bits per heavy atom. The lowest BCUT2D eigenvalue weighted by atomic mass is 9.70. The minimum absolute atomic E-state index is 0.0146. The number of hydrogen-bond donors (Lipinski definition) is 2. The number of likely N-dealkylation sites (N-methyl/N-ethyl adjacent to an activating group) is 1. The number of imidazole rings is 1. The second kappa shape index (κ2) is 18.8. The van der Waals surface area contributed by atoms with E-state index in [4.69, 9.17) is 23.7 Å². The maximum atomic E-state index is 14.5. The predicted octanol–water partition coefficient (Wildman–Crippen LogP) is 3.70. The Balaban J connectivity index is 1.49. The van der Waals surface area contributed by atoms with Gasteiger partial charge in [-0.15, -0.1) is 0 Å². The smallest absolute Gasteiger partial charge is 0.408 e. The molecule has 3 aliphatic heterocycles. The molecule has 1 amide bonds. The standard InChI is InChI=1S/C42H60N6O11/c1-11-31-42(8)29(18-33(49)58-42)25(4)34(50)23(2)19-41(7,59-40(54)45-14-12-13-28-21-48(22-46-28)32-20-43-15-16-44-32)37(26(5)35(51)27(6)38(53)56-31)57-39-36(52)30(47(9)10)17-24(3)55-39/h12-13,15-16,20-27,29-31,36-37,39,52H,11,14,17-19H2,1-10H3,(H,45,54)/b13-12+/t23-,24-,25?,26+,27-,29?,30+,31-,36-,37-,39?,41-,42+/m1/s1. The van der Waals surface area contributed by atoms with Crippen molar-refractivity contribution in [1.82, 2.24) is 29.7 Å². The molecule has 0 aromatic carbocycles. The zero-order valence-corrected chi connectivity index (χ0v) is 35.7. The fourth-order valence-corrected chi connectivity index (χ4v) is 8.94. The van der Waals surface area contributed by atoms with E-state index in [1.165, 1.54) is 6.92 Å². The number of esters is 2. The molecule has 0 saturated carbocycles. The third-order valence-electron chi connectivity index (χ3n) is 12.2. The first-order chi connectivity index (χ1) is 27.8. The number of rotatable bonds is 9. The highest BCUT2D eigenvalue weighted by atomic mass is 16.7. The first-order valence-electron chi connectivity index (χ1n) is 20.4. The highest BCUT2D eigenvalue weighted by Gasteiger charge is 2.57. The largest absolute Gasteiger partial charge is 0.458 e. The molecule has 3 fully saturated rings. The van der Waals surface area contributed by atoms with Crippen molar-refractivity contribution >= 4 is 35.7 Å². The van der Waals surface area contributed by atoms with Crippen LogP contribution in [0.25, 0.3) is 11.9 Å². The van der Waals surface area contributed by atoms with E-state index in [2.05, 4.69) is 20.3 Å². The predicted molar refractivity (Wildman–Crippen MR) is 212 cm³/mol. The summed E-state index contributed by atoms with van der Waals surface area (Å²) in [6.07, 6.45) is 5.99. The number of Topliss-reactive ketones (excluding diaryl/α,β-unsaturated/α-hetero) is 2. The highest BCUT2D eigenvalue weighted by molar-refractivity contribution is 6.00. The number of aliphatic hydroxyl groups excluding tert-OH is 1. The summed E-state index contributed by atoms with van der Waals surface area (Å²) in [4.78, 5) is 83.9. The van der Waals surface area contributed by atoms with Crippen molar-refractivity contribution in [1.29, 1.82) is 0 Å². The van der Waals surface area contributed by atoms with Gasteiger partial charge in [0, 0.05) is 54.8 Å². The van der Waals surface area contributed by atoms with E-state index in [9.17, 15) is 29.1 Å². The molecular weight excluding hydrogens is 764 g/mol. The van der Waals surface area contributed by atoms with Gasteiger partial charge in [0.15, 0.2) is 17.9 Å². The molecule has 2 aromatic rings. The molecule has 5 heterocycles. The zero-order valence-electron chi connectivity index (χ0n) is 35.7. The van der Waals surface area contributed by atoms with Crippen molar-refractivity contribution in [2.45, 2.75) is 129 Å². The number of carbonyl (C=O) groups excluding carboxylic acids is 5. The normalized spacial score (nSPS) is 36.2. The van der Waals surface area contributed by atoms with Crippen LogP contribution in [-0.2, 0) is 42.9 Å². The van der Waals surface area contributed by atoms with Crippen LogP contribution in [0.1, 0.15) is 86.8 Å². The Labute approximate surface area is 345 Å². The van der Waals surface area contributed by atoms with Gasteiger partial charge in [-0.3, -0.25) is 28.7 Å². The van der Waals surface area contributed by atoms with Crippen molar-refractivity contribution in [2.24, 2.45) is 29.6 Å². The van der Waals surface area contributed by atoms with Crippen molar-refractivity contribution in [3.63, 3.8) is 0 Å². The Morgan fingerprint density at radius 3 is 2.46 bits per heavy atom. The number of aliphatic hydroxyl groups is 1. The second-order valence-electron chi connectivity index (χ2n) is 16.9. The molecule has 59 heavy (non-hydrogen) atoms. The molecule has 3 saturated heterocycles. The van der Waals surface area contributed by atoms with Gasteiger partial charge >= 0.3 is 18.0 Å². The molecule has 3 unspecified atom stereocenters. The van der Waals surface area contributed by atoms with Crippen LogP contribution in [0.15, 0.2) is 37.2 Å². The van der Waals surface area contributed by atoms with Crippen LogP contribution in [0.5, 0.6) is 0 Å². The van der Waals surface area contributed by atoms with Crippen LogP contribution in [-0.4, -0.2) is 128 Å². The lowest BCUT2D eigenvalue weighted by molar-refractivity contribution is -0.292. The minimum atomic E-state index is -1.74. The summed E-state index contributed by atoms with van der Waals surface area (Å²) in [6.45, 7) is 13.3. The van der Waals surface area contributed by atoms with Crippen LogP contribution in [0.2, 0.25) is 0 Å². The SMILES string of the molecule is CC[C@H]1OC(=O)[C@H](C)C(=O)[C@H](C)[C@@H](OC2O[C@H](C)C[C@H](N(C)C)[C@H]2O)[C@](C)(OC(=O)NC/C=C/c2cn(-c3cnccn3)cn2)C[C@@H](C)C(=O)C(C)C2CC(=O)O[C@@]21C. The fraction of sp³-hybridized carbons (Fsp3) is 0.667. The number of nitrogens with zero attached hydrogens (tertiary/aromatic N) is 5. The van der Waals surface area contributed by atoms with E-state index in [1.807, 2.05) is 25.9 Å². The number of nitrogens with one attached hydrogen (secondary N) is 1. The lowest BCUT2D eigenvalue weighted by Crippen LogP contribution is -2.60. The number of aromatic nitrogens is 4. The number of alkyl carbamates (subject to hydrolysis) is 1. The number of carbonyl (C=O) groups is 5. The molecule has 324 valence electrons. The Bertz CT molecular complexity index is 1860. The van der Waals surface area contributed by atoms with Crippen molar-refractivity contribution < 1.29 is 52.8 Å². The van der Waals surface area contributed by atoms with Gasteiger partial charge in [0.1, 0.15) is 47.5 Å². The minimum Gasteiger partial charge on any atom is -0.458 e. The van der Waals surface area contributed by atoms with Crippen LogP contribution in [0, 0.1) is 29.6 Å². The van der Waals surface area contributed by atoms with Crippen LogP contribution < -0.4 is 5.32 Å². The molecule has 17 heteroatoms. The number of hydrogen-bond acceptors (Lipinski definition) is 15. The van der Waals surface area contributed by atoms with Crippen molar-refractivity contribution in [2.75, 3.05) is 20.6 Å². The lowest BCUT2D eigenvalue weighted by Gasteiger charge is -2.47. The van der Waals surface area contributed by atoms with E-state index >= 15 is 0 Å². The molecule has 3 aliphatic rings. The van der Waals surface area contributed by atoms with Gasteiger partial charge in [-0.1, -0.05) is 33.8 Å². The number of ketones is 2. The Kier molecular flexibility index (Phi) is 14.5. The van der Waals surface area contributed by atoms with Gasteiger partial charge in [0.05, 0.1) is 24.4 Å². The van der Waals surface area contributed by atoms with E-state index in [0.717, 1.165) is 0 Å². The van der Waals surface area contributed by atoms with Crippen LogP contribution >= 0.6 is 0 Å². The maximum Gasteiger partial charge on any atom is 0.408 e.